The van der Waals surface area contributed by atoms with Gasteiger partial charge in [-0.3, -0.25) is 0 Å². The predicted octanol–water partition coefficient (Wildman–Crippen LogP) is -3.38. The van der Waals surface area contributed by atoms with Gasteiger partial charge in [0.25, 0.3) is 0 Å². The zero-order chi connectivity index (χ0) is 7.56. The van der Waals surface area contributed by atoms with Crippen LogP contribution in [0.2, 0.25) is 0 Å². The number of hydrogen-bond donors (Lipinski definition) is 0. The maximum absolute atomic E-state index is 10.1. The molecule has 6 nitrogen and oxygen atoms in total. The summed E-state index contributed by atoms with van der Waals surface area (Å²) >= 11 is 1.48. The van der Waals surface area contributed by atoms with Gasteiger partial charge in [0.2, 0.25) is 5.51 Å². The number of carboxylic acid groups (broad SMARTS) is 1. The highest BCUT2D eigenvalue weighted by Crippen LogP contribution is 1.95. The minimum atomic E-state index is -1.05. The summed E-state index contributed by atoms with van der Waals surface area (Å²) in [4.78, 5) is 10.1. The molecule has 0 aliphatic carbocycles. The fraction of sp³-hybridized carbons (Fsp3) is 0.333. The summed E-state index contributed by atoms with van der Waals surface area (Å²) in [5.41, 5.74) is 2.71. The third-order valence-corrected chi connectivity index (χ3v) is 2.03. The van der Waals surface area contributed by atoms with E-state index in [2.05, 4.69) is 0 Å². The number of aromatic nitrogens is 1. The monoisotopic (exact) mass is 211 g/mol. The quantitative estimate of drug-likeness (QED) is 0.471. The van der Waals surface area contributed by atoms with E-state index in [1.165, 1.54) is 11.3 Å². The summed E-state index contributed by atoms with van der Waals surface area (Å²) in [6, 6.07) is 0. The Balaban J connectivity index is -0.000000333. The molecule has 0 amide bonds. The first-order valence-electron chi connectivity index (χ1n) is 2.82. The van der Waals surface area contributed by atoms with Gasteiger partial charge in [0.05, 0.1) is 5.38 Å². The van der Waals surface area contributed by atoms with Crippen LogP contribution in [0.15, 0.2) is 10.9 Å². The molecule has 13 heavy (non-hydrogen) atoms. The van der Waals surface area contributed by atoms with Crippen LogP contribution in [0.25, 0.3) is 0 Å². The van der Waals surface area contributed by atoms with E-state index in [0.29, 0.717) is 0 Å². The van der Waals surface area contributed by atoms with Crippen molar-refractivity contribution in [1.29, 1.82) is 0 Å². The first-order chi connectivity index (χ1) is 4.70. The van der Waals surface area contributed by atoms with Crippen LogP contribution in [0.1, 0.15) is 5.69 Å². The molecule has 0 saturated heterocycles. The molecule has 78 valence electrons. The molecule has 0 aromatic carbocycles. The molecule has 1 heterocycles. The fourth-order valence-corrected chi connectivity index (χ4v) is 1.44. The number of hydrogen-bond acceptors (Lipinski definition) is 3. The third kappa shape index (κ3) is 5.26. The van der Waals surface area contributed by atoms with Crippen molar-refractivity contribution in [2.24, 2.45) is 0 Å². The van der Waals surface area contributed by atoms with Gasteiger partial charge in [-0.05, 0) is 0 Å². The molecule has 0 bridgehead atoms. The van der Waals surface area contributed by atoms with Crippen LogP contribution in [0.4, 0.5) is 0 Å². The average molecular weight is 211 g/mol. The van der Waals surface area contributed by atoms with Crippen molar-refractivity contribution in [2.75, 3.05) is 0 Å². The molecule has 0 atom stereocenters. The first kappa shape index (κ1) is 17.9. The van der Waals surface area contributed by atoms with Crippen LogP contribution in [-0.4, -0.2) is 22.4 Å². The van der Waals surface area contributed by atoms with Crippen molar-refractivity contribution in [3.63, 3.8) is 0 Å². The molecule has 7 heteroatoms. The van der Waals surface area contributed by atoms with Gasteiger partial charge in [-0.15, -0.1) is 0 Å². The molecule has 0 radical (unpaired) electrons. The van der Waals surface area contributed by atoms with E-state index in [0.717, 1.165) is 5.69 Å². The maximum atomic E-state index is 10.1. The second-order valence-corrected chi connectivity index (χ2v) is 2.72. The molecule has 1 rings (SSSR count). The SMILES string of the molecule is Cc1csc[n+]1CC(=O)[O-].O.O.O. The van der Waals surface area contributed by atoms with Crippen LogP contribution in [0.5, 0.6) is 0 Å². The van der Waals surface area contributed by atoms with Crippen molar-refractivity contribution in [3.8, 4) is 0 Å². The average Bonchev–Trinajstić information content (AvgIpc) is 2.15. The Kier molecular flexibility index (Phi) is 10.5. The minimum Gasteiger partial charge on any atom is -0.544 e. The van der Waals surface area contributed by atoms with Crippen LogP contribution >= 0.6 is 11.3 Å². The van der Waals surface area contributed by atoms with Crippen molar-refractivity contribution >= 4 is 17.3 Å². The first-order valence-corrected chi connectivity index (χ1v) is 3.76. The number of thiazole rings is 1. The maximum Gasteiger partial charge on any atom is 0.225 e. The van der Waals surface area contributed by atoms with Crippen LogP contribution in [-0.2, 0) is 11.3 Å². The summed E-state index contributed by atoms with van der Waals surface area (Å²) in [6.45, 7) is 1.81. The molecular formula is C6H13NO5S. The molecule has 0 saturated carbocycles. The van der Waals surface area contributed by atoms with E-state index in [-0.39, 0.29) is 23.0 Å². The molecule has 0 aliphatic rings. The zero-order valence-electron chi connectivity index (χ0n) is 7.03. The van der Waals surface area contributed by atoms with Crippen LogP contribution in [0, 0.1) is 6.92 Å². The van der Waals surface area contributed by atoms with E-state index in [4.69, 9.17) is 0 Å². The van der Waals surface area contributed by atoms with Gasteiger partial charge < -0.3 is 26.3 Å². The third-order valence-electron chi connectivity index (χ3n) is 1.18. The van der Waals surface area contributed by atoms with Gasteiger partial charge in [0.1, 0.15) is 5.97 Å². The van der Waals surface area contributed by atoms with E-state index < -0.39 is 5.97 Å². The Morgan fingerprint density at radius 1 is 1.54 bits per heavy atom. The molecule has 0 unspecified atom stereocenters. The molecular weight excluding hydrogens is 198 g/mol. The van der Waals surface area contributed by atoms with Gasteiger partial charge in [0.15, 0.2) is 12.2 Å². The lowest BCUT2D eigenvalue weighted by Gasteiger charge is -1.94. The lowest BCUT2D eigenvalue weighted by Crippen LogP contribution is -2.44. The van der Waals surface area contributed by atoms with Crippen LogP contribution < -0.4 is 9.67 Å². The molecule has 1 aromatic heterocycles. The lowest BCUT2D eigenvalue weighted by atomic mass is 10.5. The highest BCUT2D eigenvalue weighted by Gasteiger charge is 2.05. The van der Waals surface area contributed by atoms with Gasteiger partial charge in [-0.2, -0.15) is 4.57 Å². The van der Waals surface area contributed by atoms with E-state index in [1.807, 2.05) is 12.3 Å². The number of aryl methyl sites for hydroxylation is 1. The van der Waals surface area contributed by atoms with Crippen molar-refractivity contribution < 1.29 is 30.9 Å². The summed E-state index contributed by atoms with van der Waals surface area (Å²) in [6.07, 6.45) is 0. The molecule has 6 N–H and O–H groups in total. The minimum absolute atomic E-state index is 0. The summed E-state index contributed by atoms with van der Waals surface area (Å²) in [5.74, 6) is -1.05. The van der Waals surface area contributed by atoms with Crippen LogP contribution in [0.3, 0.4) is 0 Å². The Hall–Kier alpha value is -1.02. The summed E-state index contributed by atoms with van der Waals surface area (Å²) in [5, 5.41) is 12.0. The van der Waals surface area contributed by atoms with Crippen molar-refractivity contribution in [3.05, 3.63) is 16.6 Å². The number of carbonyl (C=O) groups excluding carboxylic acids is 1. The van der Waals surface area contributed by atoms with E-state index >= 15 is 0 Å². The Bertz CT molecular complexity index is 249. The molecule has 1 aromatic rings. The number of rotatable bonds is 2. The largest absolute Gasteiger partial charge is 0.544 e. The zero-order valence-corrected chi connectivity index (χ0v) is 7.85. The second kappa shape index (κ2) is 7.62. The van der Waals surface area contributed by atoms with Gasteiger partial charge in [-0.25, -0.2) is 0 Å². The van der Waals surface area contributed by atoms with Crippen molar-refractivity contribution in [1.82, 2.24) is 0 Å². The van der Waals surface area contributed by atoms with Gasteiger partial charge in [-0.1, -0.05) is 11.3 Å². The van der Waals surface area contributed by atoms with Crippen molar-refractivity contribution in [2.45, 2.75) is 13.5 Å². The van der Waals surface area contributed by atoms with Gasteiger partial charge >= 0.3 is 0 Å². The molecule has 0 fully saturated rings. The van der Waals surface area contributed by atoms with E-state index in [1.54, 1.807) is 10.1 Å². The molecule has 0 aliphatic heterocycles. The fourth-order valence-electron chi connectivity index (χ4n) is 0.654. The Morgan fingerprint density at radius 2 is 2.08 bits per heavy atom. The Labute approximate surface area is 79.0 Å². The normalized spacial score (nSPS) is 7.46. The Morgan fingerprint density at radius 3 is 2.38 bits per heavy atom. The molecule has 0 spiro atoms. The summed E-state index contributed by atoms with van der Waals surface area (Å²) in [7, 11) is 0. The highest BCUT2D eigenvalue weighted by molar-refractivity contribution is 7.07. The predicted molar refractivity (Wildman–Crippen MR) is 45.1 cm³/mol. The summed E-state index contributed by atoms with van der Waals surface area (Å²) < 4.78 is 1.64. The topological polar surface area (TPSA) is 139 Å². The smallest absolute Gasteiger partial charge is 0.225 e. The highest BCUT2D eigenvalue weighted by atomic mass is 32.1. The van der Waals surface area contributed by atoms with E-state index in [9.17, 15) is 9.90 Å². The number of aliphatic carboxylic acids is 1. The standard InChI is InChI=1S/C6H7NO2S.3H2O/c1-5-3-10-4-7(5)2-6(8)9;;;/h3-4H,2H2,1H3;3*1H2. The number of nitrogens with zero attached hydrogens (tertiary/aromatic N) is 1. The lowest BCUT2D eigenvalue weighted by molar-refractivity contribution is -0.691. The van der Waals surface area contributed by atoms with Gasteiger partial charge in [0, 0.05) is 6.92 Å². The second-order valence-electron chi connectivity index (χ2n) is 2.00. The number of carbonyl (C=O) groups is 1. The number of carboxylic acids is 1.